The third-order valence-electron chi connectivity index (χ3n) is 4.34. The van der Waals surface area contributed by atoms with Gasteiger partial charge in [-0.25, -0.2) is 4.98 Å². The molecule has 1 N–H and O–H groups in total. The van der Waals surface area contributed by atoms with Gasteiger partial charge in [0, 0.05) is 37.6 Å². The van der Waals surface area contributed by atoms with E-state index in [1.807, 2.05) is 5.51 Å². The first-order chi connectivity index (χ1) is 11.3. The summed E-state index contributed by atoms with van der Waals surface area (Å²) >= 11 is 1.65. The standard InChI is InChI=1S/C18H25N3OS/c1-2-17(19-10-16-13-23-14-20-16)18-12-21(8-9-22-18)11-15-6-4-3-5-7-15/h3-7,13-14,17-19H,2,8-12H2,1H3. The van der Waals surface area contributed by atoms with E-state index < -0.39 is 0 Å². The maximum Gasteiger partial charge on any atom is 0.0855 e. The Morgan fingerprint density at radius 3 is 3.00 bits per heavy atom. The topological polar surface area (TPSA) is 37.4 Å². The van der Waals surface area contributed by atoms with Crippen LogP contribution in [-0.4, -0.2) is 41.7 Å². The second-order valence-corrected chi connectivity index (χ2v) is 6.72. The highest BCUT2D eigenvalue weighted by Crippen LogP contribution is 2.15. The lowest BCUT2D eigenvalue weighted by Crippen LogP contribution is -2.51. The van der Waals surface area contributed by atoms with Crippen molar-refractivity contribution in [3.63, 3.8) is 0 Å². The van der Waals surface area contributed by atoms with Gasteiger partial charge in [-0.3, -0.25) is 4.90 Å². The van der Waals surface area contributed by atoms with Gasteiger partial charge in [0.1, 0.15) is 0 Å². The van der Waals surface area contributed by atoms with E-state index in [1.54, 1.807) is 11.3 Å². The summed E-state index contributed by atoms with van der Waals surface area (Å²) in [4.78, 5) is 6.84. The zero-order valence-corrected chi connectivity index (χ0v) is 14.5. The lowest BCUT2D eigenvalue weighted by atomic mass is 10.1. The minimum absolute atomic E-state index is 0.246. The van der Waals surface area contributed by atoms with Crippen LogP contribution in [0.25, 0.3) is 0 Å². The Hall–Kier alpha value is -1.27. The fourth-order valence-corrected chi connectivity index (χ4v) is 3.62. The van der Waals surface area contributed by atoms with E-state index >= 15 is 0 Å². The summed E-state index contributed by atoms with van der Waals surface area (Å²) in [7, 11) is 0. The number of morpholine rings is 1. The molecule has 1 fully saturated rings. The first-order valence-corrected chi connectivity index (χ1v) is 9.27. The molecule has 124 valence electrons. The molecule has 2 atom stereocenters. The van der Waals surface area contributed by atoms with Crippen molar-refractivity contribution in [1.82, 2.24) is 15.2 Å². The predicted octanol–water partition coefficient (Wildman–Crippen LogP) is 2.91. The minimum atomic E-state index is 0.246. The average molecular weight is 331 g/mol. The number of ether oxygens (including phenoxy) is 1. The number of hydrogen-bond acceptors (Lipinski definition) is 5. The molecule has 5 heteroatoms. The smallest absolute Gasteiger partial charge is 0.0855 e. The fourth-order valence-electron chi connectivity index (χ4n) is 3.06. The summed E-state index contributed by atoms with van der Waals surface area (Å²) in [6.45, 7) is 6.85. The van der Waals surface area contributed by atoms with E-state index in [4.69, 9.17) is 4.74 Å². The molecule has 0 saturated carbocycles. The minimum Gasteiger partial charge on any atom is -0.374 e. The second kappa shape index (κ2) is 8.55. The Morgan fingerprint density at radius 1 is 1.39 bits per heavy atom. The van der Waals surface area contributed by atoms with Gasteiger partial charge >= 0.3 is 0 Å². The van der Waals surface area contributed by atoms with Crippen LogP contribution in [0.3, 0.4) is 0 Å². The Bertz CT molecular complexity index is 561. The number of aromatic nitrogens is 1. The van der Waals surface area contributed by atoms with Crippen molar-refractivity contribution >= 4 is 11.3 Å². The fraction of sp³-hybridized carbons (Fsp3) is 0.500. The molecule has 0 spiro atoms. The monoisotopic (exact) mass is 331 g/mol. The molecular formula is C18H25N3OS. The maximum atomic E-state index is 6.05. The number of thiazole rings is 1. The number of nitrogens with zero attached hydrogens (tertiary/aromatic N) is 2. The van der Waals surface area contributed by atoms with Crippen LogP contribution in [0.2, 0.25) is 0 Å². The summed E-state index contributed by atoms with van der Waals surface area (Å²) in [5, 5.41) is 5.72. The van der Waals surface area contributed by atoms with Crippen LogP contribution in [0.15, 0.2) is 41.2 Å². The van der Waals surface area contributed by atoms with E-state index in [-0.39, 0.29) is 6.10 Å². The highest BCUT2D eigenvalue weighted by atomic mass is 32.1. The van der Waals surface area contributed by atoms with E-state index in [0.29, 0.717) is 6.04 Å². The molecule has 2 unspecified atom stereocenters. The van der Waals surface area contributed by atoms with E-state index in [9.17, 15) is 0 Å². The Labute approximate surface area is 142 Å². The van der Waals surface area contributed by atoms with Crippen molar-refractivity contribution in [3.8, 4) is 0 Å². The highest BCUT2D eigenvalue weighted by molar-refractivity contribution is 7.07. The quantitative estimate of drug-likeness (QED) is 0.846. The molecule has 1 aliphatic rings. The van der Waals surface area contributed by atoms with Crippen LogP contribution in [0, 0.1) is 0 Å². The second-order valence-electron chi connectivity index (χ2n) is 6.01. The molecule has 2 aromatic rings. The SMILES string of the molecule is CCC(NCc1cscn1)C1CN(Cc2ccccc2)CCO1. The molecular weight excluding hydrogens is 306 g/mol. The number of nitrogens with one attached hydrogen (secondary N) is 1. The van der Waals surface area contributed by atoms with E-state index in [2.05, 4.69) is 57.8 Å². The van der Waals surface area contributed by atoms with Gasteiger partial charge in [0.15, 0.2) is 0 Å². The molecule has 1 saturated heterocycles. The van der Waals surface area contributed by atoms with Gasteiger partial charge in [0.05, 0.1) is 23.9 Å². The maximum absolute atomic E-state index is 6.05. The van der Waals surface area contributed by atoms with Crippen LogP contribution in [0.4, 0.5) is 0 Å². The summed E-state index contributed by atoms with van der Waals surface area (Å²) in [6, 6.07) is 11.1. The Balaban J connectivity index is 1.53. The highest BCUT2D eigenvalue weighted by Gasteiger charge is 2.27. The number of benzene rings is 1. The van der Waals surface area contributed by atoms with Gasteiger partial charge in [0.25, 0.3) is 0 Å². The van der Waals surface area contributed by atoms with Gasteiger partial charge < -0.3 is 10.1 Å². The van der Waals surface area contributed by atoms with Gasteiger partial charge in [-0.15, -0.1) is 11.3 Å². The summed E-state index contributed by atoms with van der Waals surface area (Å²) in [6.07, 6.45) is 1.31. The molecule has 0 radical (unpaired) electrons. The van der Waals surface area contributed by atoms with Gasteiger partial charge in [-0.05, 0) is 12.0 Å². The molecule has 1 aromatic carbocycles. The van der Waals surface area contributed by atoms with Gasteiger partial charge in [0.2, 0.25) is 0 Å². The van der Waals surface area contributed by atoms with Crippen molar-refractivity contribution in [2.45, 2.75) is 38.6 Å². The molecule has 3 rings (SSSR count). The van der Waals surface area contributed by atoms with Crippen molar-refractivity contribution < 1.29 is 4.74 Å². The zero-order chi connectivity index (χ0) is 15.9. The number of hydrogen-bond donors (Lipinski definition) is 1. The van der Waals surface area contributed by atoms with E-state index in [1.165, 1.54) is 5.56 Å². The van der Waals surface area contributed by atoms with E-state index in [0.717, 1.165) is 44.9 Å². The first kappa shape index (κ1) is 16.6. The Kier molecular flexibility index (Phi) is 6.16. The third kappa shape index (κ3) is 4.85. The molecule has 0 amide bonds. The number of rotatable bonds is 7. The molecule has 4 nitrogen and oxygen atoms in total. The predicted molar refractivity (Wildman–Crippen MR) is 94.5 cm³/mol. The van der Waals surface area contributed by atoms with Crippen molar-refractivity contribution in [1.29, 1.82) is 0 Å². The summed E-state index contributed by atoms with van der Waals surface area (Å²) in [5.41, 5.74) is 4.37. The molecule has 1 aliphatic heterocycles. The van der Waals surface area contributed by atoms with Crippen molar-refractivity contribution in [2.24, 2.45) is 0 Å². The Morgan fingerprint density at radius 2 is 2.26 bits per heavy atom. The normalized spacial score (nSPS) is 20.5. The first-order valence-electron chi connectivity index (χ1n) is 8.33. The lowest BCUT2D eigenvalue weighted by molar-refractivity contribution is -0.0499. The largest absolute Gasteiger partial charge is 0.374 e. The van der Waals surface area contributed by atoms with Crippen LogP contribution in [0.1, 0.15) is 24.6 Å². The third-order valence-corrected chi connectivity index (χ3v) is 4.98. The zero-order valence-electron chi connectivity index (χ0n) is 13.6. The van der Waals surface area contributed by atoms with Crippen molar-refractivity contribution in [2.75, 3.05) is 19.7 Å². The van der Waals surface area contributed by atoms with Crippen LogP contribution < -0.4 is 5.32 Å². The summed E-state index contributed by atoms with van der Waals surface area (Å²) in [5.74, 6) is 0. The average Bonchev–Trinajstić information content (AvgIpc) is 3.10. The van der Waals surface area contributed by atoms with Gasteiger partial charge in [-0.1, -0.05) is 37.3 Å². The van der Waals surface area contributed by atoms with Crippen LogP contribution >= 0.6 is 11.3 Å². The summed E-state index contributed by atoms with van der Waals surface area (Å²) < 4.78 is 6.05. The molecule has 0 bridgehead atoms. The van der Waals surface area contributed by atoms with Gasteiger partial charge in [-0.2, -0.15) is 0 Å². The molecule has 1 aromatic heterocycles. The molecule has 23 heavy (non-hydrogen) atoms. The molecule has 2 heterocycles. The lowest BCUT2D eigenvalue weighted by Gasteiger charge is -2.37. The van der Waals surface area contributed by atoms with Crippen LogP contribution in [-0.2, 0) is 17.8 Å². The van der Waals surface area contributed by atoms with Crippen LogP contribution in [0.5, 0.6) is 0 Å². The molecule has 0 aliphatic carbocycles. The van der Waals surface area contributed by atoms with Crippen molar-refractivity contribution in [3.05, 3.63) is 52.5 Å².